The fraction of sp³-hybridized carbons (Fsp3) is 0.556. The quantitative estimate of drug-likeness (QED) is 0.696. The molecule has 6 heteroatoms. The Morgan fingerprint density at radius 3 is 2.64 bits per heavy atom. The highest BCUT2D eigenvalue weighted by Gasteiger charge is 2.37. The van der Waals surface area contributed by atoms with Gasteiger partial charge in [-0.15, -0.1) is 0 Å². The molecule has 176 valence electrons. The minimum atomic E-state index is -0.129. The first-order valence-electron chi connectivity index (χ1n) is 12.5. The summed E-state index contributed by atoms with van der Waals surface area (Å²) < 4.78 is 7.35. The summed E-state index contributed by atoms with van der Waals surface area (Å²) in [5.41, 5.74) is 4.66. The number of rotatable bonds is 5. The standard InChI is InChI=1S/C27H35N3O3/c1-4-29(5-2)27(32)20-14-22-21-7-6-8-23-26(21)19(15-24(22)28(3)16-20)17-30(23)25(31)13-18-9-11-33-12-10-18/h6-8,14,17-18,20,24H,4-5,9-13,15-16H2,1-3H3/t20-,24-/m1/s1. The van der Waals surface area contributed by atoms with Crippen molar-refractivity contribution >= 4 is 28.3 Å². The maximum atomic E-state index is 13.3. The van der Waals surface area contributed by atoms with Gasteiger partial charge >= 0.3 is 0 Å². The molecule has 3 heterocycles. The summed E-state index contributed by atoms with van der Waals surface area (Å²) in [5.74, 6) is 0.663. The zero-order valence-electron chi connectivity index (χ0n) is 20.0. The molecule has 1 aliphatic carbocycles. The molecule has 0 bridgehead atoms. The Balaban J connectivity index is 1.51. The lowest BCUT2D eigenvalue weighted by atomic mass is 9.79. The molecule has 3 aliphatic rings. The fourth-order valence-corrected chi connectivity index (χ4v) is 5.98. The SMILES string of the molecule is CCN(CC)C(=O)[C@@H]1C=C2c3cccc4c3c(cn4C(=O)CC3CCOCC3)C[C@H]2N(C)C1. The van der Waals surface area contributed by atoms with Crippen molar-refractivity contribution in [2.45, 2.75) is 45.6 Å². The van der Waals surface area contributed by atoms with E-state index in [1.807, 2.05) is 23.3 Å². The van der Waals surface area contributed by atoms with Gasteiger partial charge in [-0.25, -0.2) is 0 Å². The molecule has 5 rings (SSSR count). The Hall–Kier alpha value is -2.44. The number of aromatic nitrogens is 1. The van der Waals surface area contributed by atoms with Crippen LogP contribution in [-0.4, -0.2) is 72.1 Å². The van der Waals surface area contributed by atoms with E-state index in [1.54, 1.807) is 0 Å². The number of hydrogen-bond acceptors (Lipinski definition) is 4. The van der Waals surface area contributed by atoms with Crippen LogP contribution >= 0.6 is 0 Å². The van der Waals surface area contributed by atoms with Gasteiger partial charge in [0.1, 0.15) is 0 Å². The van der Waals surface area contributed by atoms with Gasteiger partial charge in [0.25, 0.3) is 0 Å². The zero-order chi connectivity index (χ0) is 23.1. The van der Waals surface area contributed by atoms with Crippen molar-refractivity contribution in [2.75, 3.05) is 39.9 Å². The second kappa shape index (κ2) is 9.07. The number of likely N-dealkylation sites (N-methyl/N-ethyl adjacent to an activating group) is 1. The van der Waals surface area contributed by atoms with Gasteiger partial charge in [-0.2, -0.15) is 0 Å². The monoisotopic (exact) mass is 449 g/mol. The van der Waals surface area contributed by atoms with Crippen LogP contribution in [0.3, 0.4) is 0 Å². The first-order chi connectivity index (χ1) is 16.0. The van der Waals surface area contributed by atoms with E-state index < -0.39 is 0 Å². The van der Waals surface area contributed by atoms with Crippen LogP contribution in [0.1, 0.15) is 49.0 Å². The van der Waals surface area contributed by atoms with Gasteiger partial charge in [0.2, 0.25) is 11.8 Å². The normalized spacial score (nSPS) is 23.3. The molecule has 1 fully saturated rings. The molecule has 1 amide bonds. The van der Waals surface area contributed by atoms with E-state index in [-0.39, 0.29) is 23.8 Å². The lowest BCUT2D eigenvalue weighted by Crippen LogP contribution is -2.47. The van der Waals surface area contributed by atoms with Gasteiger partial charge < -0.3 is 9.64 Å². The molecule has 2 aromatic rings. The number of nitrogens with zero attached hydrogens (tertiary/aromatic N) is 3. The summed E-state index contributed by atoms with van der Waals surface area (Å²) >= 11 is 0. The average Bonchev–Trinajstić information content (AvgIpc) is 3.21. The lowest BCUT2D eigenvalue weighted by molar-refractivity contribution is -0.134. The molecule has 1 aromatic heterocycles. The number of benzene rings is 1. The highest BCUT2D eigenvalue weighted by atomic mass is 16.5. The summed E-state index contributed by atoms with van der Waals surface area (Å²) in [6.07, 6.45) is 7.66. The van der Waals surface area contributed by atoms with Crippen LogP contribution in [0.25, 0.3) is 16.5 Å². The maximum absolute atomic E-state index is 13.3. The topological polar surface area (TPSA) is 54.8 Å². The molecule has 2 atom stereocenters. The number of amides is 1. The second-order valence-corrected chi connectivity index (χ2v) is 9.78. The molecule has 33 heavy (non-hydrogen) atoms. The molecule has 0 radical (unpaired) electrons. The number of ether oxygens (including phenoxy) is 1. The van der Waals surface area contributed by atoms with E-state index in [0.29, 0.717) is 12.3 Å². The van der Waals surface area contributed by atoms with Gasteiger partial charge in [-0.1, -0.05) is 18.2 Å². The lowest BCUT2D eigenvalue weighted by Gasteiger charge is -2.40. The Morgan fingerprint density at radius 2 is 1.91 bits per heavy atom. The van der Waals surface area contributed by atoms with Crippen LogP contribution in [0.15, 0.2) is 30.5 Å². The summed E-state index contributed by atoms with van der Waals surface area (Å²) in [6.45, 7) is 7.80. The summed E-state index contributed by atoms with van der Waals surface area (Å²) in [6, 6.07) is 6.52. The molecule has 0 spiro atoms. The molecule has 0 saturated carbocycles. The number of carbonyl (C=O) groups is 2. The summed E-state index contributed by atoms with van der Waals surface area (Å²) in [4.78, 5) is 30.7. The van der Waals surface area contributed by atoms with Gasteiger partial charge in [-0.3, -0.25) is 19.1 Å². The first-order valence-corrected chi connectivity index (χ1v) is 12.5. The van der Waals surface area contributed by atoms with Gasteiger partial charge in [0, 0.05) is 56.9 Å². The third-order valence-electron chi connectivity index (χ3n) is 7.85. The Morgan fingerprint density at radius 1 is 1.15 bits per heavy atom. The van der Waals surface area contributed by atoms with Gasteiger partial charge in [-0.05, 0) is 68.8 Å². The molecule has 0 N–H and O–H groups in total. The van der Waals surface area contributed by atoms with E-state index in [9.17, 15) is 9.59 Å². The smallest absolute Gasteiger partial charge is 0.231 e. The molecular formula is C27H35N3O3. The fourth-order valence-electron chi connectivity index (χ4n) is 5.98. The molecule has 1 aromatic carbocycles. The van der Waals surface area contributed by atoms with E-state index in [2.05, 4.69) is 42.4 Å². The van der Waals surface area contributed by atoms with Crippen LogP contribution in [0.5, 0.6) is 0 Å². The number of hydrogen-bond donors (Lipinski definition) is 0. The summed E-state index contributed by atoms with van der Waals surface area (Å²) in [5, 5.41) is 1.18. The Kier molecular flexibility index (Phi) is 6.14. The van der Waals surface area contributed by atoms with E-state index >= 15 is 0 Å². The highest BCUT2D eigenvalue weighted by Crippen LogP contribution is 2.42. The van der Waals surface area contributed by atoms with Crippen molar-refractivity contribution in [3.05, 3.63) is 41.6 Å². The number of carbonyl (C=O) groups excluding carboxylic acids is 2. The van der Waals surface area contributed by atoms with Crippen molar-refractivity contribution in [1.82, 2.24) is 14.4 Å². The minimum Gasteiger partial charge on any atom is -0.381 e. The van der Waals surface area contributed by atoms with Crippen LogP contribution in [0, 0.1) is 11.8 Å². The van der Waals surface area contributed by atoms with Gasteiger partial charge in [0.05, 0.1) is 11.4 Å². The first kappa shape index (κ1) is 22.4. The Bertz CT molecular complexity index is 1090. The second-order valence-electron chi connectivity index (χ2n) is 9.78. The van der Waals surface area contributed by atoms with Crippen LogP contribution in [-0.2, 0) is 16.0 Å². The zero-order valence-corrected chi connectivity index (χ0v) is 20.0. The van der Waals surface area contributed by atoms with Crippen LogP contribution in [0.4, 0.5) is 0 Å². The van der Waals surface area contributed by atoms with Crippen molar-refractivity contribution in [3.8, 4) is 0 Å². The van der Waals surface area contributed by atoms with E-state index in [0.717, 1.165) is 57.6 Å². The van der Waals surface area contributed by atoms with Crippen molar-refractivity contribution in [3.63, 3.8) is 0 Å². The van der Waals surface area contributed by atoms with Crippen molar-refractivity contribution in [1.29, 1.82) is 0 Å². The third-order valence-corrected chi connectivity index (χ3v) is 7.85. The van der Waals surface area contributed by atoms with E-state index in [1.165, 1.54) is 22.1 Å². The molecule has 0 unspecified atom stereocenters. The molecule has 2 aliphatic heterocycles. The van der Waals surface area contributed by atoms with E-state index in [4.69, 9.17) is 4.74 Å². The molecule has 1 saturated heterocycles. The van der Waals surface area contributed by atoms with Crippen molar-refractivity contribution < 1.29 is 14.3 Å². The van der Waals surface area contributed by atoms with Crippen LogP contribution < -0.4 is 0 Å². The maximum Gasteiger partial charge on any atom is 0.231 e. The molecular weight excluding hydrogens is 414 g/mol. The molecule has 6 nitrogen and oxygen atoms in total. The number of fused-ring (bicyclic) bond motifs is 2. The third kappa shape index (κ3) is 3.93. The predicted molar refractivity (Wildman–Crippen MR) is 130 cm³/mol. The Labute approximate surface area is 196 Å². The average molecular weight is 450 g/mol. The van der Waals surface area contributed by atoms with Crippen LogP contribution in [0.2, 0.25) is 0 Å². The van der Waals surface area contributed by atoms with Crippen molar-refractivity contribution in [2.24, 2.45) is 11.8 Å². The summed E-state index contributed by atoms with van der Waals surface area (Å²) in [7, 11) is 2.12. The predicted octanol–water partition coefficient (Wildman–Crippen LogP) is 3.84. The minimum absolute atomic E-state index is 0.129. The largest absolute Gasteiger partial charge is 0.381 e. The van der Waals surface area contributed by atoms with Gasteiger partial charge in [0.15, 0.2) is 0 Å². The highest BCUT2D eigenvalue weighted by molar-refractivity contribution is 6.03.